The molecule has 116 valence electrons. The van der Waals surface area contributed by atoms with Crippen molar-refractivity contribution >= 4 is 46.0 Å². The molecule has 0 unspecified atom stereocenters. The van der Waals surface area contributed by atoms with E-state index in [-0.39, 0.29) is 18.1 Å². The number of hydrogen-bond donors (Lipinski definition) is 0. The molecule has 0 aliphatic rings. The van der Waals surface area contributed by atoms with E-state index in [1.807, 2.05) is 12.1 Å². The topological polar surface area (TPSA) is 56.3 Å². The van der Waals surface area contributed by atoms with Crippen molar-refractivity contribution in [1.82, 2.24) is 4.98 Å². The van der Waals surface area contributed by atoms with E-state index in [1.54, 1.807) is 35.0 Å². The minimum atomic E-state index is -0.612. The number of carbonyl (C=O) groups excluding carboxylic acids is 2. The summed E-state index contributed by atoms with van der Waals surface area (Å²) in [6.45, 7) is -0.288. The molecule has 4 nitrogen and oxygen atoms in total. The van der Waals surface area contributed by atoms with Crippen LogP contribution < -0.4 is 0 Å². The number of hydrogen-bond acceptors (Lipinski definition) is 6. The standard InChI is InChI=1S/C16H10ClNO3S2/c17-11-4-1-3-10(7-11)15-18-12(9-23-15)16(20)21-8-13(19)14-5-2-6-22-14/h1-7,9H,8H2. The van der Waals surface area contributed by atoms with Gasteiger partial charge in [0.15, 0.2) is 12.3 Å². The summed E-state index contributed by atoms with van der Waals surface area (Å²) in [6, 6.07) is 10.7. The number of rotatable bonds is 5. The van der Waals surface area contributed by atoms with Crippen LogP contribution in [0.2, 0.25) is 5.02 Å². The van der Waals surface area contributed by atoms with E-state index in [9.17, 15) is 9.59 Å². The van der Waals surface area contributed by atoms with Gasteiger partial charge in [-0.1, -0.05) is 29.8 Å². The van der Waals surface area contributed by atoms with Crippen molar-refractivity contribution in [3.05, 3.63) is 62.8 Å². The molecule has 23 heavy (non-hydrogen) atoms. The summed E-state index contributed by atoms with van der Waals surface area (Å²) in [5.74, 6) is -0.835. The predicted octanol–water partition coefficient (Wildman–Crippen LogP) is 4.56. The van der Waals surface area contributed by atoms with Crippen LogP contribution in [0.3, 0.4) is 0 Å². The lowest BCUT2D eigenvalue weighted by Crippen LogP contribution is -2.13. The van der Waals surface area contributed by atoms with E-state index in [4.69, 9.17) is 16.3 Å². The molecule has 3 rings (SSSR count). The monoisotopic (exact) mass is 363 g/mol. The van der Waals surface area contributed by atoms with Crippen molar-refractivity contribution in [1.29, 1.82) is 0 Å². The number of benzene rings is 1. The lowest BCUT2D eigenvalue weighted by molar-refractivity contribution is 0.0471. The summed E-state index contributed by atoms with van der Waals surface area (Å²) < 4.78 is 5.02. The normalized spacial score (nSPS) is 10.5. The molecule has 0 aliphatic heterocycles. The molecule has 0 spiro atoms. The number of nitrogens with zero attached hydrogens (tertiary/aromatic N) is 1. The molecular formula is C16H10ClNO3S2. The van der Waals surface area contributed by atoms with Crippen LogP contribution in [-0.2, 0) is 4.74 Å². The highest BCUT2D eigenvalue weighted by molar-refractivity contribution is 7.13. The molecule has 3 aromatic rings. The molecule has 2 aromatic heterocycles. The molecular weight excluding hydrogens is 354 g/mol. The fraction of sp³-hybridized carbons (Fsp3) is 0.0625. The van der Waals surface area contributed by atoms with Gasteiger partial charge in [-0.25, -0.2) is 9.78 Å². The van der Waals surface area contributed by atoms with Gasteiger partial charge >= 0.3 is 5.97 Å². The number of carbonyl (C=O) groups is 2. The smallest absolute Gasteiger partial charge is 0.358 e. The Kier molecular flexibility index (Phi) is 4.85. The zero-order chi connectivity index (χ0) is 16.2. The first-order valence-electron chi connectivity index (χ1n) is 6.59. The van der Waals surface area contributed by atoms with Crippen molar-refractivity contribution in [2.45, 2.75) is 0 Å². The van der Waals surface area contributed by atoms with Crippen molar-refractivity contribution in [2.24, 2.45) is 0 Å². The third-order valence-electron chi connectivity index (χ3n) is 2.92. The minimum absolute atomic E-state index is 0.184. The molecule has 0 aliphatic carbocycles. The highest BCUT2D eigenvalue weighted by atomic mass is 35.5. The number of Topliss-reactive ketones (excluding diaryl/α,β-unsaturated/α-hetero) is 1. The van der Waals surface area contributed by atoms with Gasteiger partial charge in [0.25, 0.3) is 0 Å². The van der Waals surface area contributed by atoms with Crippen molar-refractivity contribution in [3.63, 3.8) is 0 Å². The Hall–Kier alpha value is -2.02. The van der Waals surface area contributed by atoms with Gasteiger partial charge in [0.05, 0.1) is 4.88 Å². The molecule has 0 saturated heterocycles. The third-order valence-corrected chi connectivity index (χ3v) is 4.95. The minimum Gasteiger partial charge on any atom is -0.453 e. The second-order valence-corrected chi connectivity index (χ2v) is 6.77. The van der Waals surface area contributed by atoms with Gasteiger partial charge < -0.3 is 4.74 Å². The Morgan fingerprint density at radius 2 is 2.04 bits per heavy atom. The first-order valence-corrected chi connectivity index (χ1v) is 8.72. The maximum absolute atomic E-state index is 12.0. The van der Waals surface area contributed by atoms with E-state index < -0.39 is 5.97 Å². The molecule has 0 fully saturated rings. The van der Waals surface area contributed by atoms with Gasteiger partial charge in [-0.2, -0.15) is 0 Å². The number of aromatic nitrogens is 1. The predicted molar refractivity (Wildman–Crippen MR) is 91.5 cm³/mol. The molecule has 0 amide bonds. The second-order valence-electron chi connectivity index (χ2n) is 4.52. The zero-order valence-electron chi connectivity index (χ0n) is 11.7. The average Bonchev–Trinajstić information content (AvgIpc) is 3.23. The van der Waals surface area contributed by atoms with E-state index in [0.29, 0.717) is 14.9 Å². The summed E-state index contributed by atoms with van der Waals surface area (Å²) in [5, 5.41) is 4.67. The van der Waals surface area contributed by atoms with Gasteiger partial charge in [-0.3, -0.25) is 4.79 Å². The summed E-state index contributed by atoms with van der Waals surface area (Å²) in [4.78, 5) is 28.6. The largest absolute Gasteiger partial charge is 0.453 e. The Labute approximate surface area is 145 Å². The molecule has 0 bridgehead atoms. The Balaban J connectivity index is 1.66. The van der Waals surface area contributed by atoms with Crippen LogP contribution in [0.1, 0.15) is 20.2 Å². The number of ketones is 1. The number of halogens is 1. The van der Waals surface area contributed by atoms with E-state index in [1.165, 1.54) is 22.7 Å². The van der Waals surface area contributed by atoms with Gasteiger partial charge in [0.2, 0.25) is 5.78 Å². The maximum Gasteiger partial charge on any atom is 0.358 e. The first-order chi connectivity index (χ1) is 11.1. The van der Waals surface area contributed by atoms with Crippen LogP contribution in [0, 0.1) is 0 Å². The molecule has 7 heteroatoms. The first kappa shape index (κ1) is 15.9. The number of thiophene rings is 1. The third kappa shape index (κ3) is 3.85. The summed E-state index contributed by atoms with van der Waals surface area (Å²) in [7, 11) is 0. The highest BCUT2D eigenvalue weighted by Gasteiger charge is 2.16. The second kappa shape index (κ2) is 7.04. The van der Waals surface area contributed by atoms with Crippen LogP contribution in [0.15, 0.2) is 47.2 Å². The number of ether oxygens (including phenoxy) is 1. The molecule has 2 heterocycles. The van der Waals surface area contributed by atoms with Gasteiger partial charge in [0, 0.05) is 16.0 Å². The van der Waals surface area contributed by atoms with Gasteiger partial charge in [-0.15, -0.1) is 22.7 Å². The van der Waals surface area contributed by atoms with Crippen molar-refractivity contribution < 1.29 is 14.3 Å². The number of esters is 1. The fourth-order valence-corrected chi connectivity index (χ4v) is 3.46. The lowest BCUT2D eigenvalue weighted by atomic mass is 10.2. The zero-order valence-corrected chi connectivity index (χ0v) is 14.1. The summed E-state index contributed by atoms with van der Waals surface area (Å²) >= 11 is 8.58. The SMILES string of the molecule is O=C(OCC(=O)c1cccs1)c1csc(-c2cccc(Cl)c2)n1. The molecule has 0 saturated carbocycles. The van der Waals surface area contributed by atoms with Crippen LogP contribution in [0.25, 0.3) is 10.6 Å². The van der Waals surface area contributed by atoms with Gasteiger partial charge in [-0.05, 0) is 23.6 Å². The molecule has 0 radical (unpaired) electrons. The maximum atomic E-state index is 12.0. The Morgan fingerprint density at radius 3 is 2.78 bits per heavy atom. The van der Waals surface area contributed by atoms with E-state index in [0.717, 1.165) is 5.56 Å². The van der Waals surface area contributed by atoms with Crippen LogP contribution >= 0.6 is 34.3 Å². The average molecular weight is 364 g/mol. The van der Waals surface area contributed by atoms with E-state index >= 15 is 0 Å². The Morgan fingerprint density at radius 1 is 1.17 bits per heavy atom. The van der Waals surface area contributed by atoms with Crippen LogP contribution in [0.5, 0.6) is 0 Å². The highest BCUT2D eigenvalue weighted by Crippen LogP contribution is 2.26. The lowest BCUT2D eigenvalue weighted by Gasteiger charge is -2.00. The number of thiazole rings is 1. The van der Waals surface area contributed by atoms with Gasteiger partial charge in [0.1, 0.15) is 5.01 Å². The molecule has 0 N–H and O–H groups in total. The van der Waals surface area contributed by atoms with Crippen molar-refractivity contribution in [2.75, 3.05) is 6.61 Å². The Bertz CT molecular complexity index is 843. The molecule has 1 aromatic carbocycles. The summed E-state index contributed by atoms with van der Waals surface area (Å²) in [6.07, 6.45) is 0. The van der Waals surface area contributed by atoms with Crippen molar-refractivity contribution in [3.8, 4) is 10.6 Å². The van der Waals surface area contributed by atoms with Crippen LogP contribution in [-0.4, -0.2) is 23.3 Å². The molecule has 0 atom stereocenters. The quantitative estimate of drug-likeness (QED) is 0.492. The summed E-state index contributed by atoms with van der Waals surface area (Å²) in [5.41, 5.74) is 1.01. The van der Waals surface area contributed by atoms with Crippen LogP contribution in [0.4, 0.5) is 0 Å². The fourth-order valence-electron chi connectivity index (χ4n) is 1.83. The van der Waals surface area contributed by atoms with E-state index in [2.05, 4.69) is 4.98 Å².